The van der Waals surface area contributed by atoms with Crippen LogP contribution in [0, 0.1) is 0 Å². The number of benzene rings is 2. The Balaban J connectivity index is 1.14. The molecule has 2 N–H and O–H groups in total. The first-order chi connectivity index (χ1) is 23.0. The highest BCUT2D eigenvalue weighted by Gasteiger charge is 2.28. The Morgan fingerprint density at radius 1 is 1.04 bits per heavy atom. The number of carbonyl (C=O) groups excluding carboxylic acids is 1. The number of para-hydroxylation sites is 2. The van der Waals surface area contributed by atoms with Crippen LogP contribution < -0.4 is 24.6 Å². The van der Waals surface area contributed by atoms with Crippen LogP contribution in [0.2, 0.25) is 5.02 Å². The molecule has 48 heavy (non-hydrogen) atoms. The summed E-state index contributed by atoms with van der Waals surface area (Å²) in [6.07, 6.45) is 4.17. The van der Waals surface area contributed by atoms with Crippen molar-refractivity contribution in [2.45, 2.75) is 51.7 Å². The molecular weight excluding hydrogens is 652 g/mol. The number of hydrogen-bond donors (Lipinski definition) is 3. The second kappa shape index (κ2) is 16.2. The minimum Gasteiger partial charge on any atom is -0.494 e. The largest absolute Gasteiger partial charge is 0.494 e. The third-order valence-electron chi connectivity index (χ3n) is 8.61. The fraction of sp³-hybridized carbons (Fsp3) is 0.500. The van der Waals surface area contributed by atoms with Crippen molar-refractivity contribution in [1.29, 1.82) is 0 Å². The minimum atomic E-state index is -0.434. The molecule has 2 aromatic carbocycles. The molecule has 0 aliphatic carbocycles. The SMILES string of the molecule is COc1cc(N2CCC(N3CCN(CCC(=O)OC(C)(C)C)CC3)CC2)ccc1Nc1ncc(Cl)c(Nc2ccccc2N(C)[SH]=O)n1. The molecule has 2 aliphatic heterocycles. The predicted molar refractivity (Wildman–Crippen MR) is 195 cm³/mol. The highest BCUT2D eigenvalue weighted by atomic mass is 35.5. The number of methoxy groups -OCH3 is 1. The molecular formula is C34H47ClN8O4S. The van der Waals surface area contributed by atoms with Crippen molar-refractivity contribution in [1.82, 2.24) is 19.8 Å². The lowest BCUT2D eigenvalue weighted by atomic mass is 10.0. The fourth-order valence-electron chi connectivity index (χ4n) is 6.13. The number of carbonyl (C=O) groups is 1. The molecule has 3 aromatic rings. The van der Waals surface area contributed by atoms with Crippen LogP contribution in [0.15, 0.2) is 48.7 Å². The molecule has 0 saturated carbocycles. The number of aromatic nitrogens is 2. The van der Waals surface area contributed by atoms with Crippen molar-refractivity contribution < 1.29 is 18.5 Å². The Hall–Kier alpha value is -3.65. The van der Waals surface area contributed by atoms with Gasteiger partial charge in [-0.05, 0) is 57.9 Å². The number of nitrogens with zero attached hydrogens (tertiary/aromatic N) is 6. The van der Waals surface area contributed by atoms with Gasteiger partial charge in [0.05, 0.1) is 36.8 Å². The average Bonchev–Trinajstić information content (AvgIpc) is 3.08. The van der Waals surface area contributed by atoms with Crippen LogP contribution in [0.3, 0.4) is 0 Å². The smallest absolute Gasteiger partial charge is 0.307 e. The summed E-state index contributed by atoms with van der Waals surface area (Å²) in [4.78, 5) is 28.5. The molecule has 14 heteroatoms. The summed E-state index contributed by atoms with van der Waals surface area (Å²) in [6, 6.07) is 14.2. The maximum atomic E-state index is 12.1. The number of rotatable bonds is 12. The number of anilines is 6. The molecule has 2 saturated heterocycles. The number of thiol groups is 1. The van der Waals surface area contributed by atoms with E-state index in [0.29, 0.717) is 40.7 Å². The minimum absolute atomic E-state index is 0.123. The summed E-state index contributed by atoms with van der Waals surface area (Å²) in [7, 11) is 3.38. The topological polar surface area (TPSA) is 115 Å². The van der Waals surface area contributed by atoms with Gasteiger partial charge in [-0.15, -0.1) is 0 Å². The number of halogens is 1. The summed E-state index contributed by atoms with van der Waals surface area (Å²) in [5.74, 6) is 1.33. The molecule has 2 fully saturated rings. The first-order valence-corrected chi connectivity index (χ1v) is 17.5. The zero-order chi connectivity index (χ0) is 34.3. The number of nitrogens with one attached hydrogen (secondary N) is 2. The molecule has 0 radical (unpaired) electrons. The molecule has 0 spiro atoms. The molecule has 12 nitrogen and oxygen atoms in total. The maximum Gasteiger partial charge on any atom is 0.307 e. The van der Waals surface area contributed by atoms with Gasteiger partial charge in [0.2, 0.25) is 5.95 Å². The second-order valence-corrected chi connectivity index (χ2v) is 14.2. The van der Waals surface area contributed by atoms with Gasteiger partial charge in [0, 0.05) is 70.7 Å². The van der Waals surface area contributed by atoms with Crippen molar-refractivity contribution in [2.75, 3.05) is 79.8 Å². The molecule has 260 valence electrons. The van der Waals surface area contributed by atoms with E-state index in [0.717, 1.165) is 75.7 Å². The zero-order valence-electron chi connectivity index (χ0n) is 28.4. The molecule has 1 aromatic heterocycles. The van der Waals surface area contributed by atoms with Crippen LogP contribution in [-0.4, -0.2) is 102 Å². The maximum absolute atomic E-state index is 12.1. The van der Waals surface area contributed by atoms with E-state index in [-0.39, 0.29) is 17.8 Å². The van der Waals surface area contributed by atoms with E-state index in [1.807, 2.05) is 51.1 Å². The molecule has 5 rings (SSSR count). The Morgan fingerprint density at radius 3 is 2.46 bits per heavy atom. The monoisotopic (exact) mass is 698 g/mol. The Morgan fingerprint density at radius 2 is 1.77 bits per heavy atom. The highest BCUT2D eigenvalue weighted by molar-refractivity contribution is 7.67. The molecule has 2 aliphatic rings. The lowest BCUT2D eigenvalue weighted by Gasteiger charge is -2.43. The number of piperazine rings is 1. The Bertz CT molecular complexity index is 1560. The van der Waals surface area contributed by atoms with Crippen LogP contribution in [0.5, 0.6) is 5.75 Å². The van der Waals surface area contributed by atoms with Crippen molar-refractivity contribution in [3.63, 3.8) is 0 Å². The van der Waals surface area contributed by atoms with Gasteiger partial charge in [-0.3, -0.25) is 14.0 Å². The third kappa shape index (κ3) is 9.49. The normalized spacial score (nSPS) is 16.4. The molecule has 0 unspecified atom stereocenters. The van der Waals surface area contributed by atoms with Crippen LogP contribution in [0.25, 0.3) is 0 Å². The molecule has 0 atom stereocenters. The predicted octanol–water partition coefficient (Wildman–Crippen LogP) is 5.24. The quantitative estimate of drug-likeness (QED) is 0.170. The van der Waals surface area contributed by atoms with Crippen molar-refractivity contribution in [2.24, 2.45) is 0 Å². The first-order valence-electron chi connectivity index (χ1n) is 16.4. The number of ether oxygens (including phenoxy) is 2. The van der Waals surface area contributed by atoms with Gasteiger partial charge >= 0.3 is 5.97 Å². The standard InChI is InChI=1S/C34H47ClN8O4S/c1-34(2,3)47-31(44)14-15-41-18-20-43(21-19-41)24-12-16-42(17-13-24)25-10-11-28(30(22-25)46-5)38-33-36-23-26(35)32(39-33)37-27-8-6-7-9-29(27)40(4)48-45/h6-11,22-24,48H,12-21H2,1-5H3,(H2,36,37,38,39). The van der Waals surface area contributed by atoms with Crippen molar-refractivity contribution in [3.05, 3.63) is 53.7 Å². The van der Waals surface area contributed by atoms with Gasteiger partial charge in [-0.1, -0.05) is 23.7 Å². The van der Waals surface area contributed by atoms with Crippen LogP contribution in [0.4, 0.5) is 34.5 Å². The molecule has 3 heterocycles. The lowest BCUT2D eigenvalue weighted by molar-refractivity contribution is -0.155. The fourth-order valence-corrected chi connectivity index (χ4v) is 6.53. The van der Waals surface area contributed by atoms with Crippen LogP contribution >= 0.6 is 11.6 Å². The van der Waals surface area contributed by atoms with E-state index in [4.69, 9.17) is 21.1 Å². The van der Waals surface area contributed by atoms with E-state index in [1.54, 1.807) is 18.5 Å². The summed E-state index contributed by atoms with van der Waals surface area (Å²) >= 11 is 6.31. The summed E-state index contributed by atoms with van der Waals surface area (Å²) < 4.78 is 24.3. The first kappa shape index (κ1) is 35.7. The number of hydrogen-bond acceptors (Lipinski definition) is 11. The average molecular weight is 699 g/mol. The molecule has 0 bridgehead atoms. The zero-order valence-corrected chi connectivity index (χ0v) is 30.1. The highest BCUT2D eigenvalue weighted by Crippen LogP contribution is 2.35. The number of piperidine rings is 1. The van der Waals surface area contributed by atoms with Gasteiger partial charge in [0.1, 0.15) is 28.2 Å². The summed E-state index contributed by atoms with van der Waals surface area (Å²) in [5, 5.41) is 6.86. The van der Waals surface area contributed by atoms with Crippen molar-refractivity contribution in [3.8, 4) is 5.75 Å². The van der Waals surface area contributed by atoms with E-state index >= 15 is 0 Å². The van der Waals surface area contributed by atoms with Gasteiger partial charge in [0.15, 0.2) is 5.82 Å². The summed E-state index contributed by atoms with van der Waals surface area (Å²) in [5.41, 5.74) is 2.85. The van der Waals surface area contributed by atoms with Crippen LogP contribution in [-0.2, 0) is 21.4 Å². The second-order valence-electron chi connectivity index (χ2n) is 13.1. The Labute approximate surface area is 292 Å². The van der Waals surface area contributed by atoms with Gasteiger partial charge < -0.3 is 29.9 Å². The van der Waals surface area contributed by atoms with Crippen LogP contribution in [0.1, 0.15) is 40.0 Å². The van der Waals surface area contributed by atoms with E-state index in [2.05, 4.69) is 47.4 Å². The van der Waals surface area contributed by atoms with Gasteiger partial charge in [-0.2, -0.15) is 4.98 Å². The lowest BCUT2D eigenvalue weighted by Crippen LogP contribution is -2.53. The number of esters is 1. The van der Waals surface area contributed by atoms with E-state index in [1.165, 1.54) is 6.20 Å². The van der Waals surface area contributed by atoms with E-state index < -0.39 is 5.60 Å². The summed E-state index contributed by atoms with van der Waals surface area (Å²) in [6.45, 7) is 12.4. The Kier molecular flexibility index (Phi) is 12.0. The molecule has 0 amide bonds. The third-order valence-corrected chi connectivity index (χ3v) is 9.35. The van der Waals surface area contributed by atoms with E-state index in [9.17, 15) is 9.00 Å². The van der Waals surface area contributed by atoms with Gasteiger partial charge in [0.25, 0.3) is 0 Å². The van der Waals surface area contributed by atoms with Gasteiger partial charge in [-0.25, -0.2) is 9.19 Å². The van der Waals surface area contributed by atoms with Crippen molar-refractivity contribution >= 4 is 63.9 Å².